The highest BCUT2D eigenvalue weighted by atomic mass is 35.5. The van der Waals surface area contributed by atoms with E-state index in [1.165, 1.54) is 29.1 Å². The second-order valence-electron chi connectivity index (χ2n) is 3.16. The molecule has 0 saturated carbocycles. The summed E-state index contributed by atoms with van der Waals surface area (Å²) in [5.41, 5.74) is 0.939. The summed E-state index contributed by atoms with van der Waals surface area (Å²) in [4.78, 5) is 10.4. The second-order valence-corrected chi connectivity index (χ2v) is 3.60. The van der Waals surface area contributed by atoms with Crippen molar-refractivity contribution in [1.82, 2.24) is 15.0 Å². The fourth-order valence-electron chi connectivity index (χ4n) is 1.41. The van der Waals surface area contributed by atoms with Crippen molar-refractivity contribution in [2.24, 2.45) is 7.05 Å². The smallest absolute Gasteiger partial charge is 0.258 e. The molecule has 0 aliphatic carbocycles. The quantitative estimate of drug-likeness (QED) is 0.593. The lowest BCUT2D eigenvalue weighted by Gasteiger charge is -2.02. The fourth-order valence-corrected chi connectivity index (χ4v) is 1.58. The van der Waals surface area contributed by atoms with Gasteiger partial charge in [0.25, 0.3) is 5.69 Å². The zero-order valence-corrected chi connectivity index (χ0v) is 9.05. The van der Waals surface area contributed by atoms with Gasteiger partial charge in [-0.25, -0.2) is 4.68 Å². The van der Waals surface area contributed by atoms with Crippen LogP contribution in [0.15, 0.2) is 24.4 Å². The van der Waals surface area contributed by atoms with Gasteiger partial charge >= 0.3 is 0 Å². The highest BCUT2D eigenvalue weighted by Crippen LogP contribution is 2.31. The summed E-state index contributed by atoms with van der Waals surface area (Å²) in [6.45, 7) is 0. The van der Waals surface area contributed by atoms with Gasteiger partial charge in [0.15, 0.2) is 0 Å². The first kappa shape index (κ1) is 10.6. The summed E-state index contributed by atoms with van der Waals surface area (Å²) < 4.78 is 1.46. The number of benzene rings is 1. The third-order valence-corrected chi connectivity index (χ3v) is 2.38. The minimum absolute atomic E-state index is 0.0187. The van der Waals surface area contributed by atoms with Crippen LogP contribution in [-0.2, 0) is 7.05 Å². The molecule has 0 aliphatic rings. The van der Waals surface area contributed by atoms with E-state index in [9.17, 15) is 10.1 Å². The predicted octanol–water partition coefficient (Wildman–Crippen LogP) is 2.04. The predicted molar refractivity (Wildman–Crippen MR) is 58.1 cm³/mol. The molecule has 1 aromatic heterocycles. The molecule has 0 spiro atoms. The van der Waals surface area contributed by atoms with Crippen molar-refractivity contribution in [2.75, 3.05) is 0 Å². The van der Waals surface area contributed by atoms with Crippen LogP contribution in [-0.4, -0.2) is 19.9 Å². The van der Waals surface area contributed by atoms with Gasteiger partial charge in [-0.3, -0.25) is 10.1 Å². The Hall–Kier alpha value is -1.95. The van der Waals surface area contributed by atoms with E-state index < -0.39 is 4.92 Å². The number of nitro benzene ring substituents is 1. The molecule has 1 aromatic carbocycles. The SMILES string of the molecule is Cn1nncc1-c1cc(Cl)ccc1[N+](=O)[O-]. The number of nitro groups is 1. The number of nitrogens with zero attached hydrogens (tertiary/aromatic N) is 4. The molecule has 0 amide bonds. The number of aryl methyl sites for hydroxylation is 1. The largest absolute Gasteiger partial charge is 0.278 e. The molecular weight excluding hydrogens is 232 g/mol. The summed E-state index contributed by atoms with van der Waals surface area (Å²) in [6.07, 6.45) is 1.46. The van der Waals surface area contributed by atoms with Gasteiger partial charge in [0.1, 0.15) is 0 Å². The van der Waals surface area contributed by atoms with Crippen molar-refractivity contribution >= 4 is 17.3 Å². The van der Waals surface area contributed by atoms with Crippen LogP contribution in [0.3, 0.4) is 0 Å². The minimum atomic E-state index is -0.460. The van der Waals surface area contributed by atoms with Gasteiger partial charge in [0.2, 0.25) is 0 Å². The summed E-state index contributed by atoms with van der Waals surface area (Å²) in [6, 6.07) is 4.37. The third-order valence-electron chi connectivity index (χ3n) is 2.15. The van der Waals surface area contributed by atoms with E-state index in [4.69, 9.17) is 11.6 Å². The van der Waals surface area contributed by atoms with Crippen LogP contribution in [0.4, 0.5) is 5.69 Å². The molecule has 6 nitrogen and oxygen atoms in total. The Labute approximate surface area is 95.6 Å². The molecule has 7 heteroatoms. The van der Waals surface area contributed by atoms with Crippen molar-refractivity contribution in [1.29, 1.82) is 0 Å². The first-order valence-corrected chi connectivity index (χ1v) is 4.76. The molecule has 16 heavy (non-hydrogen) atoms. The highest BCUT2D eigenvalue weighted by Gasteiger charge is 2.18. The summed E-state index contributed by atoms with van der Waals surface area (Å²) >= 11 is 5.82. The van der Waals surface area contributed by atoms with Crippen LogP contribution in [0.2, 0.25) is 5.02 Å². The van der Waals surface area contributed by atoms with Gasteiger partial charge in [-0.05, 0) is 12.1 Å². The van der Waals surface area contributed by atoms with Crippen molar-refractivity contribution < 1.29 is 4.92 Å². The zero-order chi connectivity index (χ0) is 11.7. The first-order valence-electron chi connectivity index (χ1n) is 4.38. The van der Waals surface area contributed by atoms with Gasteiger partial charge in [-0.15, -0.1) is 5.10 Å². The third kappa shape index (κ3) is 1.74. The Kier molecular flexibility index (Phi) is 2.57. The van der Waals surface area contributed by atoms with Crippen LogP contribution in [0, 0.1) is 10.1 Å². The van der Waals surface area contributed by atoms with E-state index in [1.54, 1.807) is 7.05 Å². The lowest BCUT2D eigenvalue weighted by molar-refractivity contribution is -0.384. The van der Waals surface area contributed by atoms with Crippen molar-refractivity contribution in [3.8, 4) is 11.3 Å². The molecule has 2 aromatic rings. The number of hydrogen-bond acceptors (Lipinski definition) is 4. The van der Waals surface area contributed by atoms with Gasteiger partial charge in [0.05, 0.1) is 22.4 Å². The molecule has 0 bridgehead atoms. The van der Waals surface area contributed by atoms with E-state index in [0.717, 1.165) is 0 Å². The molecular formula is C9H7ClN4O2. The van der Waals surface area contributed by atoms with Crippen LogP contribution in [0.1, 0.15) is 0 Å². The van der Waals surface area contributed by atoms with E-state index in [0.29, 0.717) is 16.3 Å². The molecule has 0 aliphatic heterocycles. The van der Waals surface area contributed by atoms with E-state index >= 15 is 0 Å². The number of aromatic nitrogens is 3. The van der Waals surface area contributed by atoms with E-state index in [2.05, 4.69) is 10.3 Å². The Bertz CT molecular complexity index is 552. The molecule has 0 fully saturated rings. The maximum atomic E-state index is 10.9. The van der Waals surface area contributed by atoms with Crippen LogP contribution >= 0.6 is 11.6 Å². The average molecular weight is 239 g/mol. The van der Waals surface area contributed by atoms with Crippen LogP contribution in [0.25, 0.3) is 11.3 Å². The standard InChI is InChI=1S/C9H7ClN4O2/c1-13-9(5-11-12-13)7-4-6(10)2-3-8(7)14(15)16/h2-5H,1H3. The van der Waals surface area contributed by atoms with Crippen molar-refractivity contribution in [3.63, 3.8) is 0 Å². The molecule has 0 saturated heterocycles. The highest BCUT2D eigenvalue weighted by molar-refractivity contribution is 6.31. The van der Waals surface area contributed by atoms with Crippen LogP contribution < -0.4 is 0 Å². The van der Waals surface area contributed by atoms with Crippen LogP contribution in [0.5, 0.6) is 0 Å². The van der Waals surface area contributed by atoms with Gasteiger partial charge in [-0.1, -0.05) is 16.8 Å². The molecule has 2 rings (SSSR count). The summed E-state index contributed by atoms with van der Waals surface area (Å²) in [7, 11) is 1.66. The maximum Gasteiger partial charge on any atom is 0.278 e. The molecule has 0 atom stereocenters. The molecule has 82 valence electrons. The monoisotopic (exact) mass is 238 g/mol. The minimum Gasteiger partial charge on any atom is -0.258 e. The summed E-state index contributed by atoms with van der Waals surface area (Å²) in [5, 5.41) is 18.7. The molecule has 1 heterocycles. The van der Waals surface area contributed by atoms with Crippen molar-refractivity contribution in [3.05, 3.63) is 39.5 Å². The Morgan fingerprint density at radius 2 is 2.25 bits per heavy atom. The molecule has 0 unspecified atom stereocenters. The lowest BCUT2D eigenvalue weighted by atomic mass is 10.1. The Morgan fingerprint density at radius 1 is 1.50 bits per heavy atom. The lowest BCUT2D eigenvalue weighted by Crippen LogP contribution is -1.97. The molecule has 0 radical (unpaired) electrons. The Balaban J connectivity index is 2.67. The van der Waals surface area contributed by atoms with Crippen molar-refractivity contribution in [2.45, 2.75) is 0 Å². The zero-order valence-electron chi connectivity index (χ0n) is 8.29. The molecule has 0 N–H and O–H groups in total. The fraction of sp³-hybridized carbons (Fsp3) is 0.111. The number of hydrogen-bond donors (Lipinski definition) is 0. The number of rotatable bonds is 2. The maximum absolute atomic E-state index is 10.9. The summed E-state index contributed by atoms with van der Waals surface area (Å²) in [5.74, 6) is 0. The number of halogens is 1. The normalized spacial score (nSPS) is 10.4. The second kappa shape index (κ2) is 3.90. The Morgan fingerprint density at radius 3 is 2.81 bits per heavy atom. The average Bonchev–Trinajstić information content (AvgIpc) is 2.63. The van der Waals surface area contributed by atoms with Gasteiger partial charge < -0.3 is 0 Å². The van der Waals surface area contributed by atoms with E-state index in [1.807, 2.05) is 0 Å². The first-order chi connectivity index (χ1) is 7.59. The van der Waals surface area contributed by atoms with Gasteiger partial charge in [0, 0.05) is 18.1 Å². The topological polar surface area (TPSA) is 73.8 Å². The van der Waals surface area contributed by atoms with E-state index in [-0.39, 0.29) is 5.69 Å². The van der Waals surface area contributed by atoms with Gasteiger partial charge in [-0.2, -0.15) is 0 Å².